The molecule has 5 heteroatoms. The Morgan fingerprint density at radius 2 is 2.00 bits per heavy atom. The maximum absolute atomic E-state index is 12.8. The largest absolute Gasteiger partial charge is 0.339 e. The summed E-state index contributed by atoms with van der Waals surface area (Å²) in [6.07, 6.45) is 1.93. The Morgan fingerprint density at radius 3 is 2.55 bits per heavy atom. The summed E-state index contributed by atoms with van der Waals surface area (Å²) in [7, 11) is 0. The van der Waals surface area contributed by atoms with E-state index in [2.05, 4.69) is 12.2 Å². The van der Waals surface area contributed by atoms with Crippen LogP contribution in [-0.4, -0.2) is 36.5 Å². The molecule has 3 nitrogen and oxygen atoms in total. The summed E-state index contributed by atoms with van der Waals surface area (Å²) in [6.45, 7) is 4.65. The number of piperazine rings is 1. The van der Waals surface area contributed by atoms with E-state index >= 15 is 0 Å². The molecule has 1 aromatic carbocycles. The molecular weight excluding hydrogens is 295 g/mol. The first-order valence-electron chi connectivity index (χ1n) is 6.91. The Hall–Kier alpha value is -0.770. The number of carbonyl (C=O) groups is 1. The van der Waals surface area contributed by atoms with E-state index in [1.54, 1.807) is 0 Å². The molecule has 1 atom stereocenters. The van der Waals surface area contributed by atoms with Crippen LogP contribution in [0.5, 0.6) is 0 Å². The molecule has 2 fully saturated rings. The highest BCUT2D eigenvalue weighted by Gasteiger charge is 2.53. The van der Waals surface area contributed by atoms with E-state index in [0.29, 0.717) is 11.9 Å². The molecular formula is C15H20Cl2N2O. The molecule has 0 aromatic heterocycles. The average molecular weight is 315 g/mol. The second-order valence-corrected chi connectivity index (χ2v) is 6.13. The molecule has 0 spiro atoms. The quantitative estimate of drug-likeness (QED) is 0.910. The van der Waals surface area contributed by atoms with Gasteiger partial charge in [0, 0.05) is 30.7 Å². The first kappa shape index (κ1) is 15.6. The number of nitrogens with zero attached hydrogens (tertiary/aromatic N) is 1. The van der Waals surface area contributed by atoms with Gasteiger partial charge < -0.3 is 10.2 Å². The SMILES string of the molecule is CC1CN(C(=O)C2(c3ccc(Cl)cc3)CC2)CCN1.Cl. The fraction of sp³-hybridized carbons (Fsp3) is 0.533. The Morgan fingerprint density at radius 1 is 1.35 bits per heavy atom. The lowest BCUT2D eigenvalue weighted by Crippen LogP contribution is -2.53. The molecule has 1 aliphatic heterocycles. The van der Waals surface area contributed by atoms with Gasteiger partial charge in [0.2, 0.25) is 5.91 Å². The lowest BCUT2D eigenvalue weighted by molar-refractivity contribution is -0.135. The Labute approximate surface area is 131 Å². The normalized spacial score (nSPS) is 23.9. The zero-order valence-corrected chi connectivity index (χ0v) is 13.1. The number of nitrogens with one attached hydrogen (secondary N) is 1. The lowest BCUT2D eigenvalue weighted by atomic mass is 9.94. The second kappa shape index (κ2) is 5.92. The maximum Gasteiger partial charge on any atom is 0.233 e. The van der Waals surface area contributed by atoms with Crippen molar-refractivity contribution in [2.45, 2.75) is 31.2 Å². The molecule has 2 aliphatic rings. The van der Waals surface area contributed by atoms with Crippen molar-refractivity contribution in [3.63, 3.8) is 0 Å². The van der Waals surface area contributed by atoms with Gasteiger partial charge in [-0.25, -0.2) is 0 Å². The van der Waals surface area contributed by atoms with E-state index in [0.717, 1.165) is 43.1 Å². The highest BCUT2D eigenvalue weighted by Crippen LogP contribution is 2.49. The molecule has 110 valence electrons. The predicted molar refractivity (Wildman–Crippen MR) is 83.7 cm³/mol. The van der Waals surface area contributed by atoms with Gasteiger partial charge in [-0.3, -0.25) is 4.79 Å². The number of halogens is 2. The van der Waals surface area contributed by atoms with Crippen molar-refractivity contribution in [1.82, 2.24) is 10.2 Å². The van der Waals surface area contributed by atoms with Gasteiger partial charge in [-0.1, -0.05) is 23.7 Å². The third-order valence-electron chi connectivity index (χ3n) is 4.21. The number of rotatable bonds is 2. The van der Waals surface area contributed by atoms with E-state index in [1.165, 1.54) is 0 Å². The molecule has 1 aliphatic carbocycles. The second-order valence-electron chi connectivity index (χ2n) is 5.70. The van der Waals surface area contributed by atoms with E-state index in [9.17, 15) is 4.79 Å². The summed E-state index contributed by atoms with van der Waals surface area (Å²) in [4.78, 5) is 14.8. The molecule has 1 aromatic rings. The molecule has 20 heavy (non-hydrogen) atoms. The van der Waals surface area contributed by atoms with Gasteiger partial charge in [0.05, 0.1) is 5.41 Å². The number of carbonyl (C=O) groups excluding carboxylic acids is 1. The van der Waals surface area contributed by atoms with E-state index in [4.69, 9.17) is 11.6 Å². The third-order valence-corrected chi connectivity index (χ3v) is 4.46. The van der Waals surface area contributed by atoms with Crippen molar-refractivity contribution in [3.8, 4) is 0 Å². The highest BCUT2D eigenvalue weighted by atomic mass is 35.5. The molecule has 1 heterocycles. The molecule has 0 radical (unpaired) electrons. The van der Waals surface area contributed by atoms with Gasteiger partial charge in [-0.05, 0) is 37.5 Å². The van der Waals surface area contributed by atoms with E-state index in [1.807, 2.05) is 29.2 Å². The van der Waals surface area contributed by atoms with Crippen LogP contribution in [0.15, 0.2) is 24.3 Å². The summed E-state index contributed by atoms with van der Waals surface area (Å²) < 4.78 is 0. The van der Waals surface area contributed by atoms with Gasteiger partial charge in [-0.2, -0.15) is 0 Å². The summed E-state index contributed by atoms with van der Waals surface area (Å²) >= 11 is 5.93. The topological polar surface area (TPSA) is 32.3 Å². The standard InChI is InChI=1S/C15H19ClN2O.ClH/c1-11-10-18(9-8-17-11)14(19)15(6-7-15)12-2-4-13(16)5-3-12;/h2-5,11,17H,6-10H2,1H3;1H. The maximum atomic E-state index is 12.8. The monoisotopic (exact) mass is 314 g/mol. The van der Waals surface area contributed by atoms with E-state index < -0.39 is 0 Å². The minimum atomic E-state index is -0.262. The molecule has 1 N–H and O–H groups in total. The average Bonchev–Trinajstić information content (AvgIpc) is 3.20. The Kier molecular flexibility index (Phi) is 4.62. The van der Waals surface area contributed by atoms with Crippen LogP contribution in [-0.2, 0) is 10.2 Å². The summed E-state index contributed by atoms with van der Waals surface area (Å²) in [5, 5.41) is 4.10. The summed E-state index contributed by atoms with van der Waals surface area (Å²) in [6, 6.07) is 8.14. The first-order chi connectivity index (χ1) is 9.12. The fourth-order valence-corrected chi connectivity index (χ4v) is 3.07. The van der Waals surface area contributed by atoms with Crippen LogP contribution < -0.4 is 5.32 Å². The van der Waals surface area contributed by atoms with Crippen molar-refractivity contribution < 1.29 is 4.79 Å². The van der Waals surface area contributed by atoms with Crippen LogP contribution in [0, 0.1) is 0 Å². The first-order valence-corrected chi connectivity index (χ1v) is 7.28. The van der Waals surface area contributed by atoms with Crippen molar-refractivity contribution in [1.29, 1.82) is 0 Å². The van der Waals surface area contributed by atoms with Gasteiger partial charge in [-0.15, -0.1) is 12.4 Å². The molecule has 0 bridgehead atoms. The summed E-state index contributed by atoms with van der Waals surface area (Å²) in [5.74, 6) is 0.295. The fourth-order valence-electron chi connectivity index (χ4n) is 2.94. The van der Waals surface area contributed by atoms with E-state index in [-0.39, 0.29) is 17.8 Å². The Balaban J connectivity index is 0.00000147. The lowest BCUT2D eigenvalue weighted by Gasteiger charge is -2.34. The van der Waals surface area contributed by atoms with Gasteiger partial charge in [0.1, 0.15) is 0 Å². The van der Waals surface area contributed by atoms with Gasteiger partial charge in [0.25, 0.3) is 0 Å². The van der Waals surface area contributed by atoms with Gasteiger partial charge >= 0.3 is 0 Å². The minimum absolute atomic E-state index is 0. The number of hydrogen-bond acceptors (Lipinski definition) is 2. The van der Waals surface area contributed by atoms with Crippen molar-refractivity contribution in [2.75, 3.05) is 19.6 Å². The van der Waals surface area contributed by atoms with Crippen LogP contribution in [0.1, 0.15) is 25.3 Å². The van der Waals surface area contributed by atoms with Crippen molar-refractivity contribution in [3.05, 3.63) is 34.9 Å². The smallest absolute Gasteiger partial charge is 0.233 e. The zero-order chi connectivity index (χ0) is 13.5. The third kappa shape index (κ3) is 2.80. The minimum Gasteiger partial charge on any atom is -0.339 e. The van der Waals surface area contributed by atoms with Crippen molar-refractivity contribution in [2.24, 2.45) is 0 Å². The molecule has 1 unspecified atom stereocenters. The van der Waals surface area contributed by atoms with Crippen LogP contribution in [0.4, 0.5) is 0 Å². The van der Waals surface area contributed by atoms with Crippen LogP contribution in [0.3, 0.4) is 0 Å². The summed E-state index contributed by atoms with van der Waals surface area (Å²) in [5.41, 5.74) is 0.856. The number of amides is 1. The molecule has 1 saturated carbocycles. The predicted octanol–water partition coefficient (Wildman–Crippen LogP) is 2.61. The molecule has 1 saturated heterocycles. The molecule has 3 rings (SSSR count). The zero-order valence-electron chi connectivity index (χ0n) is 11.6. The van der Waals surface area contributed by atoms with Crippen molar-refractivity contribution >= 4 is 29.9 Å². The highest BCUT2D eigenvalue weighted by molar-refractivity contribution is 6.30. The Bertz CT molecular complexity index is 485. The number of hydrogen-bond donors (Lipinski definition) is 1. The van der Waals surface area contributed by atoms with Gasteiger partial charge in [0.15, 0.2) is 0 Å². The van der Waals surface area contributed by atoms with Crippen LogP contribution in [0.25, 0.3) is 0 Å². The van der Waals surface area contributed by atoms with Crippen LogP contribution >= 0.6 is 24.0 Å². The molecule has 1 amide bonds. The van der Waals surface area contributed by atoms with Crippen LogP contribution in [0.2, 0.25) is 5.02 Å². The number of benzene rings is 1.